The summed E-state index contributed by atoms with van der Waals surface area (Å²) in [7, 11) is 0. The second-order valence-electron chi connectivity index (χ2n) is 4.23. The summed E-state index contributed by atoms with van der Waals surface area (Å²) < 4.78 is 10.8. The van der Waals surface area contributed by atoms with Crippen LogP contribution in [0, 0.1) is 0 Å². The van der Waals surface area contributed by atoms with E-state index in [1.165, 1.54) is 0 Å². The summed E-state index contributed by atoms with van der Waals surface area (Å²) in [5.74, 6) is 0.763. The van der Waals surface area contributed by atoms with Gasteiger partial charge in [0.1, 0.15) is 19.0 Å². The second kappa shape index (κ2) is 4.66. The minimum Gasteiger partial charge on any atom is -0.492 e. The van der Waals surface area contributed by atoms with Crippen molar-refractivity contribution in [2.45, 2.75) is 25.9 Å². The maximum Gasteiger partial charge on any atom is 0.169 e. The minimum absolute atomic E-state index is 0.0847. The molecule has 1 unspecified atom stereocenters. The van der Waals surface area contributed by atoms with Gasteiger partial charge in [0.05, 0.1) is 12.0 Å². The summed E-state index contributed by atoms with van der Waals surface area (Å²) >= 11 is 0. The Morgan fingerprint density at radius 1 is 1.50 bits per heavy atom. The molecule has 0 aliphatic carbocycles. The molecular weight excluding hydrogens is 204 g/mol. The van der Waals surface area contributed by atoms with Crippen LogP contribution < -0.4 is 4.74 Å². The Hall–Kier alpha value is -1.35. The number of hydrogen-bond acceptors (Lipinski definition) is 3. The van der Waals surface area contributed by atoms with Crippen LogP contribution in [-0.2, 0) is 9.53 Å². The predicted octanol–water partition coefficient (Wildman–Crippen LogP) is 2.16. The molecule has 1 aliphatic heterocycles. The van der Waals surface area contributed by atoms with Crippen LogP contribution in [0.25, 0.3) is 0 Å². The summed E-state index contributed by atoms with van der Waals surface area (Å²) in [6.07, 6.45) is 0.0847. The maximum atomic E-state index is 11.9. The molecule has 2 rings (SSSR count). The number of ether oxygens (including phenoxy) is 2. The SMILES string of the molecule is CC(C)OCC(=O)C1COc2ccccc21. The fourth-order valence-electron chi connectivity index (χ4n) is 1.78. The second-order valence-corrected chi connectivity index (χ2v) is 4.23. The van der Waals surface area contributed by atoms with Gasteiger partial charge in [0.25, 0.3) is 0 Å². The van der Waals surface area contributed by atoms with Crippen molar-refractivity contribution in [1.82, 2.24) is 0 Å². The molecule has 1 heterocycles. The van der Waals surface area contributed by atoms with Crippen LogP contribution in [0.15, 0.2) is 24.3 Å². The van der Waals surface area contributed by atoms with E-state index in [2.05, 4.69) is 0 Å². The van der Waals surface area contributed by atoms with Crippen LogP contribution in [0.5, 0.6) is 5.75 Å². The summed E-state index contributed by atoms with van der Waals surface area (Å²) in [4.78, 5) is 11.9. The number of Topliss-reactive ketones (excluding diaryl/α,β-unsaturated/α-hetero) is 1. The third-order valence-corrected chi connectivity index (χ3v) is 2.65. The van der Waals surface area contributed by atoms with E-state index in [0.29, 0.717) is 6.61 Å². The lowest BCUT2D eigenvalue weighted by Gasteiger charge is -2.10. The van der Waals surface area contributed by atoms with Crippen molar-refractivity contribution in [3.05, 3.63) is 29.8 Å². The molecule has 1 aromatic carbocycles. The Morgan fingerprint density at radius 2 is 2.25 bits per heavy atom. The zero-order valence-electron chi connectivity index (χ0n) is 9.60. The Balaban J connectivity index is 2.04. The summed E-state index contributed by atoms with van der Waals surface area (Å²) in [6, 6.07) is 7.68. The minimum atomic E-state index is -0.157. The van der Waals surface area contributed by atoms with Gasteiger partial charge in [0, 0.05) is 5.56 Å². The number of para-hydroxylation sites is 1. The van der Waals surface area contributed by atoms with E-state index in [1.807, 2.05) is 38.1 Å². The topological polar surface area (TPSA) is 35.5 Å². The molecule has 0 spiro atoms. The first-order chi connectivity index (χ1) is 7.68. The number of carbonyl (C=O) groups excluding carboxylic acids is 1. The highest BCUT2D eigenvalue weighted by molar-refractivity contribution is 5.88. The number of carbonyl (C=O) groups is 1. The number of ketones is 1. The third kappa shape index (κ3) is 2.25. The lowest BCUT2D eigenvalue weighted by Crippen LogP contribution is -2.21. The summed E-state index contributed by atoms with van der Waals surface area (Å²) in [6.45, 7) is 4.46. The van der Waals surface area contributed by atoms with Gasteiger partial charge in [-0.05, 0) is 19.9 Å². The zero-order valence-corrected chi connectivity index (χ0v) is 9.60. The summed E-state index contributed by atoms with van der Waals surface area (Å²) in [5.41, 5.74) is 0.986. The van der Waals surface area contributed by atoms with Crippen molar-refractivity contribution < 1.29 is 14.3 Å². The molecule has 0 N–H and O–H groups in total. The molecule has 0 amide bonds. The van der Waals surface area contributed by atoms with E-state index in [9.17, 15) is 4.79 Å². The lowest BCUT2D eigenvalue weighted by molar-refractivity contribution is -0.126. The van der Waals surface area contributed by atoms with Gasteiger partial charge in [0.15, 0.2) is 5.78 Å². The number of rotatable bonds is 4. The van der Waals surface area contributed by atoms with Crippen LogP contribution in [0.3, 0.4) is 0 Å². The smallest absolute Gasteiger partial charge is 0.169 e. The van der Waals surface area contributed by atoms with Crippen molar-refractivity contribution in [2.75, 3.05) is 13.2 Å². The van der Waals surface area contributed by atoms with E-state index in [1.54, 1.807) is 0 Å². The maximum absolute atomic E-state index is 11.9. The van der Waals surface area contributed by atoms with Crippen molar-refractivity contribution in [3.63, 3.8) is 0 Å². The monoisotopic (exact) mass is 220 g/mol. The van der Waals surface area contributed by atoms with E-state index in [0.717, 1.165) is 11.3 Å². The highest BCUT2D eigenvalue weighted by Gasteiger charge is 2.29. The molecular formula is C13H16O3. The molecule has 86 valence electrons. The number of hydrogen-bond donors (Lipinski definition) is 0. The first-order valence-corrected chi connectivity index (χ1v) is 5.54. The van der Waals surface area contributed by atoms with E-state index in [4.69, 9.17) is 9.47 Å². The normalized spacial score (nSPS) is 18.3. The predicted molar refractivity (Wildman–Crippen MR) is 60.8 cm³/mol. The molecule has 0 radical (unpaired) electrons. The van der Waals surface area contributed by atoms with Crippen LogP contribution >= 0.6 is 0 Å². The highest BCUT2D eigenvalue weighted by Crippen LogP contribution is 2.33. The highest BCUT2D eigenvalue weighted by atomic mass is 16.5. The van der Waals surface area contributed by atoms with Crippen LogP contribution in [0.2, 0.25) is 0 Å². The molecule has 0 bridgehead atoms. The third-order valence-electron chi connectivity index (χ3n) is 2.65. The van der Waals surface area contributed by atoms with Gasteiger partial charge in [-0.15, -0.1) is 0 Å². The molecule has 0 saturated carbocycles. The Bertz CT molecular complexity index is 385. The van der Waals surface area contributed by atoms with Crippen LogP contribution in [0.4, 0.5) is 0 Å². The number of benzene rings is 1. The van der Waals surface area contributed by atoms with Crippen LogP contribution in [-0.4, -0.2) is 25.1 Å². The Kier molecular flexibility index (Phi) is 3.25. The molecule has 3 heteroatoms. The average Bonchev–Trinajstić information content (AvgIpc) is 2.69. The standard InChI is InChI=1S/C13H16O3/c1-9(2)15-8-12(14)11-7-16-13-6-4-3-5-10(11)13/h3-6,9,11H,7-8H2,1-2H3. The molecule has 1 atom stereocenters. The summed E-state index contributed by atoms with van der Waals surface area (Å²) in [5, 5.41) is 0. The van der Waals surface area contributed by atoms with Gasteiger partial charge in [-0.2, -0.15) is 0 Å². The van der Waals surface area contributed by atoms with Gasteiger partial charge < -0.3 is 9.47 Å². The molecule has 3 nitrogen and oxygen atoms in total. The fraction of sp³-hybridized carbons (Fsp3) is 0.462. The average molecular weight is 220 g/mol. The quantitative estimate of drug-likeness (QED) is 0.780. The van der Waals surface area contributed by atoms with Crippen molar-refractivity contribution in [3.8, 4) is 5.75 Å². The Morgan fingerprint density at radius 3 is 3.00 bits per heavy atom. The molecule has 0 aromatic heterocycles. The van der Waals surface area contributed by atoms with E-state index >= 15 is 0 Å². The van der Waals surface area contributed by atoms with Gasteiger partial charge in [-0.25, -0.2) is 0 Å². The van der Waals surface area contributed by atoms with Crippen molar-refractivity contribution in [2.24, 2.45) is 0 Å². The first kappa shape index (κ1) is 11.1. The van der Waals surface area contributed by atoms with Crippen LogP contribution in [0.1, 0.15) is 25.3 Å². The van der Waals surface area contributed by atoms with Gasteiger partial charge >= 0.3 is 0 Å². The molecule has 0 saturated heterocycles. The van der Waals surface area contributed by atoms with Gasteiger partial charge in [-0.3, -0.25) is 4.79 Å². The molecule has 0 fully saturated rings. The molecule has 16 heavy (non-hydrogen) atoms. The first-order valence-electron chi connectivity index (χ1n) is 5.54. The van der Waals surface area contributed by atoms with Gasteiger partial charge in [0.2, 0.25) is 0 Å². The fourth-order valence-corrected chi connectivity index (χ4v) is 1.78. The van der Waals surface area contributed by atoms with Gasteiger partial charge in [-0.1, -0.05) is 18.2 Å². The largest absolute Gasteiger partial charge is 0.492 e. The Labute approximate surface area is 95.4 Å². The number of fused-ring (bicyclic) bond motifs is 1. The van der Waals surface area contributed by atoms with E-state index < -0.39 is 0 Å². The molecule has 1 aromatic rings. The zero-order chi connectivity index (χ0) is 11.5. The van der Waals surface area contributed by atoms with E-state index in [-0.39, 0.29) is 24.4 Å². The molecule has 1 aliphatic rings. The lowest BCUT2D eigenvalue weighted by atomic mass is 9.97. The van der Waals surface area contributed by atoms with Crippen molar-refractivity contribution in [1.29, 1.82) is 0 Å². The van der Waals surface area contributed by atoms with Crippen molar-refractivity contribution >= 4 is 5.78 Å².